The van der Waals surface area contributed by atoms with Crippen LogP contribution in [0.1, 0.15) is 26.3 Å². The van der Waals surface area contributed by atoms with Gasteiger partial charge < -0.3 is 19.7 Å². The van der Waals surface area contributed by atoms with Gasteiger partial charge in [0.1, 0.15) is 11.3 Å². The van der Waals surface area contributed by atoms with Gasteiger partial charge in [-0.15, -0.1) is 0 Å². The number of methoxy groups -OCH3 is 2. The smallest absolute Gasteiger partial charge is 0.337 e. The Morgan fingerprint density at radius 3 is 2.39 bits per heavy atom. The number of nitrogens with zero attached hydrogens (tertiary/aromatic N) is 3. The van der Waals surface area contributed by atoms with E-state index < -0.39 is 5.97 Å². The van der Waals surface area contributed by atoms with Crippen molar-refractivity contribution in [3.8, 4) is 5.75 Å². The molecule has 9 heteroatoms. The molecule has 0 aliphatic carbocycles. The van der Waals surface area contributed by atoms with Crippen LogP contribution in [-0.2, 0) is 4.74 Å². The van der Waals surface area contributed by atoms with Gasteiger partial charge in [0, 0.05) is 44.8 Å². The lowest BCUT2D eigenvalue weighted by Crippen LogP contribution is -2.48. The first-order chi connectivity index (χ1) is 16.0. The molecule has 0 atom stereocenters. The van der Waals surface area contributed by atoms with E-state index in [-0.39, 0.29) is 5.91 Å². The van der Waals surface area contributed by atoms with Crippen LogP contribution in [0.15, 0.2) is 36.4 Å². The standard InChI is InChI=1S/C24H28N4O4S/c1-16-4-9-19(31-2)20-21(16)33-24(26-20)28-14-12-27(13-15-28)11-10-25-22(29)17-5-7-18(8-6-17)23(30)32-3/h4-9H,10-15H2,1-3H3,(H,25,29). The van der Waals surface area contributed by atoms with Gasteiger partial charge in [0.25, 0.3) is 5.91 Å². The summed E-state index contributed by atoms with van der Waals surface area (Å²) >= 11 is 1.72. The Morgan fingerprint density at radius 1 is 1.03 bits per heavy atom. The number of hydrogen-bond acceptors (Lipinski definition) is 8. The van der Waals surface area contributed by atoms with Gasteiger partial charge in [0.05, 0.1) is 24.5 Å². The highest BCUT2D eigenvalue weighted by Crippen LogP contribution is 2.36. The fourth-order valence-corrected chi connectivity index (χ4v) is 4.97. The van der Waals surface area contributed by atoms with Gasteiger partial charge in [-0.3, -0.25) is 9.69 Å². The van der Waals surface area contributed by atoms with Crippen molar-refractivity contribution in [2.75, 3.05) is 58.4 Å². The number of carbonyl (C=O) groups is 2. The quantitative estimate of drug-likeness (QED) is 0.534. The number of aromatic nitrogens is 1. The molecule has 2 aromatic carbocycles. The zero-order valence-corrected chi connectivity index (χ0v) is 19.9. The number of thiazole rings is 1. The summed E-state index contributed by atoms with van der Waals surface area (Å²) in [6.07, 6.45) is 0. The average Bonchev–Trinajstić information content (AvgIpc) is 3.31. The molecule has 0 radical (unpaired) electrons. The number of carbonyl (C=O) groups excluding carboxylic acids is 2. The van der Waals surface area contributed by atoms with Crippen LogP contribution < -0.4 is 15.0 Å². The van der Waals surface area contributed by atoms with Crippen LogP contribution in [-0.4, -0.2) is 75.2 Å². The van der Waals surface area contributed by atoms with Crippen LogP contribution in [0.25, 0.3) is 10.2 Å². The predicted molar refractivity (Wildman–Crippen MR) is 130 cm³/mol. The third-order valence-electron chi connectivity index (χ3n) is 5.84. The number of rotatable bonds is 7. The molecule has 4 rings (SSSR count). The Labute approximate surface area is 197 Å². The summed E-state index contributed by atoms with van der Waals surface area (Å²) in [7, 11) is 3.01. The van der Waals surface area contributed by atoms with E-state index in [0.717, 1.165) is 49.1 Å². The highest BCUT2D eigenvalue weighted by atomic mass is 32.1. The number of amides is 1. The number of benzene rings is 2. The van der Waals surface area contributed by atoms with Crippen LogP contribution in [0.5, 0.6) is 5.75 Å². The van der Waals surface area contributed by atoms with Gasteiger partial charge in [0.15, 0.2) is 5.13 Å². The molecule has 1 saturated heterocycles. The number of esters is 1. The summed E-state index contributed by atoms with van der Waals surface area (Å²) in [4.78, 5) is 33.4. The molecule has 1 fully saturated rings. The first-order valence-electron chi connectivity index (χ1n) is 10.9. The van der Waals surface area contributed by atoms with Crippen LogP contribution in [0, 0.1) is 6.92 Å². The van der Waals surface area contributed by atoms with E-state index in [2.05, 4.69) is 32.8 Å². The van der Waals surface area contributed by atoms with E-state index in [1.54, 1.807) is 42.7 Å². The summed E-state index contributed by atoms with van der Waals surface area (Å²) < 4.78 is 11.3. The SMILES string of the molecule is COC(=O)c1ccc(C(=O)NCCN2CCN(c3nc4c(OC)ccc(C)c4s3)CC2)cc1. The second kappa shape index (κ2) is 10.2. The van der Waals surface area contributed by atoms with Crippen LogP contribution in [0.4, 0.5) is 5.13 Å². The topological polar surface area (TPSA) is 84.0 Å². The zero-order chi connectivity index (χ0) is 23.4. The molecule has 3 aromatic rings. The molecule has 1 amide bonds. The maximum absolute atomic E-state index is 12.4. The number of nitrogens with one attached hydrogen (secondary N) is 1. The van der Waals surface area contributed by atoms with Crippen molar-refractivity contribution in [1.82, 2.24) is 15.2 Å². The summed E-state index contributed by atoms with van der Waals surface area (Å²) in [6, 6.07) is 10.5. The summed E-state index contributed by atoms with van der Waals surface area (Å²) in [5, 5.41) is 3.98. The van der Waals surface area contributed by atoms with E-state index in [1.165, 1.54) is 17.4 Å². The highest BCUT2D eigenvalue weighted by molar-refractivity contribution is 7.22. The number of piperazine rings is 1. The molecule has 0 bridgehead atoms. The second-order valence-corrected chi connectivity index (χ2v) is 8.89. The lowest BCUT2D eigenvalue weighted by molar-refractivity contribution is 0.0600. The van der Waals surface area contributed by atoms with E-state index in [1.807, 2.05) is 6.07 Å². The van der Waals surface area contributed by atoms with Crippen molar-refractivity contribution >= 4 is 38.6 Å². The van der Waals surface area contributed by atoms with Crippen molar-refractivity contribution in [3.63, 3.8) is 0 Å². The number of aryl methyl sites for hydroxylation is 1. The average molecular weight is 469 g/mol. The summed E-state index contributed by atoms with van der Waals surface area (Å²) in [6.45, 7) is 7.06. The maximum Gasteiger partial charge on any atom is 0.337 e. The summed E-state index contributed by atoms with van der Waals surface area (Å²) in [5.74, 6) is 0.248. The predicted octanol–water partition coefficient (Wildman–Crippen LogP) is 2.95. The molecule has 1 aromatic heterocycles. The molecule has 1 aliphatic heterocycles. The minimum atomic E-state index is -0.416. The number of fused-ring (bicyclic) bond motifs is 1. The largest absolute Gasteiger partial charge is 0.494 e. The van der Waals surface area contributed by atoms with Gasteiger partial charge >= 0.3 is 5.97 Å². The Bertz CT molecular complexity index is 1140. The Balaban J connectivity index is 1.26. The molecular weight excluding hydrogens is 440 g/mol. The van der Waals surface area contributed by atoms with Crippen molar-refractivity contribution < 1.29 is 19.1 Å². The molecule has 0 unspecified atom stereocenters. The lowest BCUT2D eigenvalue weighted by Gasteiger charge is -2.34. The van der Waals surface area contributed by atoms with Gasteiger partial charge in [-0.25, -0.2) is 9.78 Å². The zero-order valence-electron chi connectivity index (χ0n) is 19.1. The van der Waals surface area contributed by atoms with Gasteiger partial charge in [0.2, 0.25) is 0 Å². The summed E-state index contributed by atoms with van der Waals surface area (Å²) in [5.41, 5.74) is 3.09. The lowest BCUT2D eigenvalue weighted by atomic mass is 10.1. The number of ether oxygens (including phenoxy) is 2. The normalized spacial score (nSPS) is 14.3. The first-order valence-corrected chi connectivity index (χ1v) is 11.7. The Morgan fingerprint density at radius 2 is 1.73 bits per heavy atom. The molecular formula is C24H28N4O4S. The van der Waals surface area contributed by atoms with Crippen molar-refractivity contribution in [2.45, 2.75) is 6.92 Å². The van der Waals surface area contributed by atoms with E-state index in [4.69, 9.17) is 9.72 Å². The monoisotopic (exact) mass is 468 g/mol. The van der Waals surface area contributed by atoms with Crippen LogP contribution in [0.3, 0.4) is 0 Å². The molecule has 1 N–H and O–H groups in total. The van der Waals surface area contributed by atoms with Gasteiger partial charge in [-0.05, 0) is 42.8 Å². The van der Waals surface area contributed by atoms with Gasteiger partial charge in [-0.1, -0.05) is 17.4 Å². The maximum atomic E-state index is 12.4. The third-order valence-corrected chi connectivity index (χ3v) is 7.09. The number of hydrogen-bond donors (Lipinski definition) is 1. The van der Waals surface area contributed by atoms with E-state index >= 15 is 0 Å². The first kappa shape index (κ1) is 23.0. The fraction of sp³-hybridized carbons (Fsp3) is 0.375. The van der Waals surface area contributed by atoms with Crippen LogP contribution in [0.2, 0.25) is 0 Å². The molecule has 174 valence electrons. The Kier molecular flexibility index (Phi) is 7.10. The third kappa shape index (κ3) is 5.09. The molecule has 8 nitrogen and oxygen atoms in total. The molecule has 33 heavy (non-hydrogen) atoms. The minimum Gasteiger partial charge on any atom is -0.494 e. The van der Waals surface area contributed by atoms with E-state index in [0.29, 0.717) is 17.7 Å². The Hall–Kier alpha value is -3.17. The van der Waals surface area contributed by atoms with Crippen LogP contribution >= 0.6 is 11.3 Å². The van der Waals surface area contributed by atoms with Crippen molar-refractivity contribution in [3.05, 3.63) is 53.1 Å². The van der Waals surface area contributed by atoms with Gasteiger partial charge in [-0.2, -0.15) is 0 Å². The molecule has 0 saturated carbocycles. The van der Waals surface area contributed by atoms with Crippen molar-refractivity contribution in [2.24, 2.45) is 0 Å². The fourth-order valence-electron chi connectivity index (χ4n) is 3.87. The minimum absolute atomic E-state index is 0.149. The number of anilines is 1. The second-order valence-electron chi connectivity index (χ2n) is 7.91. The van der Waals surface area contributed by atoms with E-state index in [9.17, 15) is 9.59 Å². The molecule has 2 heterocycles. The van der Waals surface area contributed by atoms with Crippen molar-refractivity contribution in [1.29, 1.82) is 0 Å². The molecule has 0 spiro atoms. The highest BCUT2D eigenvalue weighted by Gasteiger charge is 2.21. The molecule has 1 aliphatic rings.